The molecule has 0 aliphatic carbocycles. The van der Waals surface area contributed by atoms with Crippen molar-refractivity contribution in [1.29, 1.82) is 0 Å². The number of nitrogens with zero attached hydrogens (tertiary/aromatic N) is 1. The van der Waals surface area contributed by atoms with Crippen LogP contribution in [0.5, 0.6) is 5.75 Å². The lowest BCUT2D eigenvalue weighted by molar-refractivity contribution is -0.113. The Balaban J connectivity index is 1.98. The number of hydrogen-bond donors (Lipinski definition) is 1. The number of aliphatic imine (C=N–C) groups is 1. The Hall–Kier alpha value is -2.10. The third-order valence-electron chi connectivity index (χ3n) is 3.13. The van der Waals surface area contributed by atoms with Crippen LogP contribution in [0.2, 0.25) is 0 Å². The average molecular weight is 439 g/mol. The molecule has 1 aliphatic rings. The van der Waals surface area contributed by atoms with Crippen molar-refractivity contribution in [2.75, 3.05) is 0 Å². The van der Waals surface area contributed by atoms with Crippen molar-refractivity contribution in [2.24, 2.45) is 10.7 Å². The minimum Gasteiger partial charge on any atom is -0.378 e. The van der Waals surface area contributed by atoms with Gasteiger partial charge in [0.25, 0.3) is 5.91 Å². The molecule has 128 valence electrons. The second-order valence-electron chi connectivity index (χ2n) is 4.90. The molecule has 0 atom stereocenters. The van der Waals surface area contributed by atoms with Crippen LogP contribution < -0.4 is 9.92 Å². The Morgan fingerprint density at radius 1 is 1.16 bits per heavy atom. The molecular formula is C16H11BrN2O4S2. The zero-order valence-electron chi connectivity index (χ0n) is 12.5. The monoisotopic (exact) mass is 438 g/mol. The molecule has 2 aromatic rings. The van der Waals surface area contributed by atoms with Gasteiger partial charge in [0, 0.05) is 10.0 Å². The predicted molar refractivity (Wildman–Crippen MR) is 101 cm³/mol. The van der Waals surface area contributed by atoms with Gasteiger partial charge in [-0.1, -0.05) is 34.1 Å². The van der Waals surface area contributed by atoms with Crippen molar-refractivity contribution in [3.63, 3.8) is 0 Å². The number of amides is 1. The van der Waals surface area contributed by atoms with Crippen LogP contribution in [0.3, 0.4) is 0 Å². The number of benzene rings is 2. The van der Waals surface area contributed by atoms with Crippen LogP contribution in [0.25, 0.3) is 6.08 Å². The zero-order chi connectivity index (χ0) is 18.0. The molecule has 0 saturated carbocycles. The third-order valence-corrected chi connectivity index (χ3v) is 5.68. The molecule has 0 fully saturated rings. The molecule has 25 heavy (non-hydrogen) atoms. The molecule has 2 N–H and O–H groups in total. The number of rotatable bonds is 4. The fourth-order valence-corrected chi connectivity index (χ4v) is 4.05. The predicted octanol–water partition coefficient (Wildman–Crippen LogP) is 3.15. The molecule has 1 aliphatic heterocycles. The van der Waals surface area contributed by atoms with Gasteiger partial charge < -0.3 is 9.92 Å². The Morgan fingerprint density at radius 2 is 1.88 bits per heavy atom. The Labute approximate surface area is 157 Å². The van der Waals surface area contributed by atoms with Crippen LogP contribution in [0.15, 0.2) is 67.8 Å². The van der Waals surface area contributed by atoms with Crippen LogP contribution in [0.1, 0.15) is 5.56 Å². The van der Waals surface area contributed by atoms with E-state index >= 15 is 0 Å². The first-order chi connectivity index (χ1) is 11.8. The first-order valence-corrected chi connectivity index (χ1v) is 9.94. The molecule has 6 nitrogen and oxygen atoms in total. The fourth-order valence-electron chi connectivity index (χ4n) is 2.03. The Bertz CT molecular complexity index is 1000. The number of amidine groups is 1. The van der Waals surface area contributed by atoms with E-state index in [1.54, 1.807) is 30.3 Å². The smallest absolute Gasteiger partial charge is 0.339 e. The quantitative estimate of drug-likeness (QED) is 0.581. The van der Waals surface area contributed by atoms with Gasteiger partial charge in [0.15, 0.2) is 5.17 Å². The van der Waals surface area contributed by atoms with Crippen LogP contribution in [0.4, 0.5) is 0 Å². The lowest BCUT2D eigenvalue weighted by Gasteiger charge is -2.10. The minimum atomic E-state index is -4.00. The van der Waals surface area contributed by atoms with E-state index in [9.17, 15) is 13.2 Å². The molecule has 0 unspecified atom stereocenters. The summed E-state index contributed by atoms with van der Waals surface area (Å²) in [6.45, 7) is 0. The minimum absolute atomic E-state index is 0.0374. The topological polar surface area (TPSA) is 98.8 Å². The second-order valence-corrected chi connectivity index (χ2v) is 8.42. The van der Waals surface area contributed by atoms with E-state index in [1.165, 1.54) is 24.3 Å². The van der Waals surface area contributed by atoms with Gasteiger partial charge in [-0.15, -0.1) is 0 Å². The van der Waals surface area contributed by atoms with Crippen LogP contribution >= 0.6 is 27.7 Å². The fraction of sp³-hybridized carbons (Fsp3) is 0. The van der Waals surface area contributed by atoms with E-state index in [2.05, 4.69) is 20.9 Å². The number of carbonyl (C=O) groups is 1. The maximum Gasteiger partial charge on any atom is 0.339 e. The molecule has 0 spiro atoms. The standard InChI is InChI=1S/C16H11BrN2O4S2/c17-11-6-7-13(23-25(21,22)12-4-2-1-3-5-12)10(8-11)9-14-15(20)19-16(18)24-14/h1-9H,(H2,18,19,20). The van der Waals surface area contributed by atoms with Crippen molar-refractivity contribution in [1.82, 2.24) is 0 Å². The van der Waals surface area contributed by atoms with Crippen molar-refractivity contribution in [3.8, 4) is 5.75 Å². The van der Waals surface area contributed by atoms with Gasteiger partial charge >= 0.3 is 10.1 Å². The summed E-state index contributed by atoms with van der Waals surface area (Å²) in [5.74, 6) is -0.377. The number of halogens is 1. The zero-order valence-corrected chi connectivity index (χ0v) is 15.8. The molecule has 9 heteroatoms. The summed E-state index contributed by atoms with van der Waals surface area (Å²) in [4.78, 5) is 15.7. The highest BCUT2D eigenvalue weighted by Gasteiger charge is 2.22. The van der Waals surface area contributed by atoms with Crippen molar-refractivity contribution < 1.29 is 17.4 Å². The third kappa shape index (κ3) is 4.12. The molecule has 2 aromatic carbocycles. The molecule has 0 bridgehead atoms. The summed E-state index contributed by atoms with van der Waals surface area (Å²) in [6.07, 6.45) is 1.50. The largest absolute Gasteiger partial charge is 0.378 e. The van der Waals surface area contributed by atoms with Crippen LogP contribution in [0, 0.1) is 0 Å². The van der Waals surface area contributed by atoms with Gasteiger partial charge in [-0.3, -0.25) is 4.79 Å². The summed E-state index contributed by atoms with van der Waals surface area (Å²) >= 11 is 4.33. The van der Waals surface area contributed by atoms with Gasteiger partial charge in [0.1, 0.15) is 10.6 Å². The van der Waals surface area contributed by atoms with E-state index in [0.29, 0.717) is 10.0 Å². The van der Waals surface area contributed by atoms with Gasteiger partial charge in [0.05, 0.1) is 4.91 Å². The number of thioether (sulfide) groups is 1. The normalized spacial score (nSPS) is 16.1. The highest BCUT2D eigenvalue weighted by atomic mass is 79.9. The summed E-state index contributed by atoms with van der Waals surface area (Å²) in [7, 11) is -4.00. The average Bonchev–Trinajstić information content (AvgIpc) is 2.88. The highest BCUT2D eigenvalue weighted by molar-refractivity contribution is 9.10. The number of carbonyl (C=O) groups excluding carboxylic acids is 1. The molecular weight excluding hydrogens is 428 g/mol. The van der Waals surface area contributed by atoms with Crippen molar-refractivity contribution >= 4 is 55.0 Å². The van der Waals surface area contributed by atoms with Gasteiger partial charge in [0.2, 0.25) is 0 Å². The summed E-state index contributed by atoms with van der Waals surface area (Å²) < 4.78 is 30.8. The molecule has 0 radical (unpaired) electrons. The van der Waals surface area contributed by atoms with E-state index < -0.39 is 16.0 Å². The molecule has 1 heterocycles. The molecule has 0 saturated heterocycles. The lowest BCUT2D eigenvalue weighted by Crippen LogP contribution is -2.10. The van der Waals surface area contributed by atoms with Gasteiger partial charge in [-0.05, 0) is 48.2 Å². The van der Waals surface area contributed by atoms with Crippen LogP contribution in [-0.4, -0.2) is 19.5 Å². The van der Waals surface area contributed by atoms with Crippen molar-refractivity contribution in [2.45, 2.75) is 4.90 Å². The SMILES string of the molecule is NC1=NC(=O)C(=Cc2cc(Br)ccc2OS(=O)(=O)c2ccccc2)S1. The summed E-state index contributed by atoms with van der Waals surface area (Å²) in [5, 5.41) is 0.144. The van der Waals surface area contributed by atoms with Crippen LogP contribution in [-0.2, 0) is 14.9 Å². The van der Waals surface area contributed by atoms with Crippen molar-refractivity contribution in [3.05, 3.63) is 63.5 Å². The maximum absolute atomic E-state index is 12.4. The van der Waals surface area contributed by atoms with E-state index in [4.69, 9.17) is 9.92 Å². The number of hydrogen-bond acceptors (Lipinski definition) is 6. The van der Waals surface area contributed by atoms with Gasteiger partial charge in [-0.25, -0.2) is 0 Å². The molecule has 3 rings (SSSR count). The first kappa shape index (κ1) is 17.7. The summed E-state index contributed by atoms with van der Waals surface area (Å²) in [6, 6.07) is 12.6. The number of nitrogens with two attached hydrogens (primary N) is 1. The lowest BCUT2D eigenvalue weighted by atomic mass is 10.2. The first-order valence-electron chi connectivity index (χ1n) is 6.92. The van der Waals surface area contributed by atoms with E-state index in [0.717, 1.165) is 11.8 Å². The second kappa shape index (κ2) is 7.03. The molecule has 1 amide bonds. The maximum atomic E-state index is 12.4. The Kier molecular flexibility index (Phi) is 4.98. The highest BCUT2D eigenvalue weighted by Crippen LogP contribution is 2.32. The Morgan fingerprint density at radius 3 is 2.52 bits per heavy atom. The molecule has 0 aromatic heterocycles. The van der Waals surface area contributed by atoms with E-state index in [-0.39, 0.29) is 20.7 Å². The van der Waals surface area contributed by atoms with E-state index in [1.807, 2.05) is 0 Å². The summed E-state index contributed by atoms with van der Waals surface area (Å²) in [5.41, 5.74) is 5.94. The van der Waals surface area contributed by atoms with Gasteiger partial charge in [-0.2, -0.15) is 13.4 Å².